The molecular weight excluding hydrogens is 325 g/mol. The largest absolute Gasteiger partial charge is 0.373 e. The zero-order valence-electron chi connectivity index (χ0n) is 10.9. The summed E-state index contributed by atoms with van der Waals surface area (Å²) in [5.74, 6) is -0.488. The van der Waals surface area contributed by atoms with Crippen LogP contribution in [-0.2, 0) is 4.79 Å². The number of hydrogen-bond donors (Lipinski definition) is 3. The summed E-state index contributed by atoms with van der Waals surface area (Å²) >= 11 is 17.7. The van der Waals surface area contributed by atoms with E-state index in [4.69, 9.17) is 34.8 Å². The second-order valence-electron chi connectivity index (χ2n) is 3.96. The molecule has 20 heavy (non-hydrogen) atoms. The third-order valence-corrected chi connectivity index (χ3v) is 3.38. The molecule has 0 fully saturated rings. The fourth-order valence-electron chi connectivity index (χ4n) is 1.36. The maximum Gasteiger partial charge on any atom is 0.321 e. The standard InChI is InChI=1S/C12H14Cl3N3O2/c1-3-16-12(20)18-11(19)6(2)17-10-5-8(14)7(13)4-9(10)15/h4-6,17H,3H2,1-2H3,(H2,16,18,19,20). The van der Waals surface area contributed by atoms with Crippen molar-refractivity contribution < 1.29 is 9.59 Å². The van der Waals surface area contributed by atoms with Gasteiger partial charge in [-0.05, 0) is 26.0 Å². The van der Waals surface area contributed by atoms with Crippen molar-refractivity contribution in [3.8, 4) is 0 Å². The van der Waals surface area contributed by atoms with Crippen LogP contribution in [-0.4, -0.2) is 24.5 Å². The molecule has 5 nitrogen and oxygen atoms in total. The highest BCUT2D eigenvalue weighted by atomic mass is 35.5. The number of amides is 3. The molecule has 1 unspecified atom stereocenters. The van der Waals surface area contributed by atoms with Gasteiger partial charge in [-0.3, -0.25) is 10.1 Å². The summed E-state index contributed by atoms with van der Waals surface area (Å²) in [5, 5.41) is 8.48. The molecule has 0 aliphatic rings. The molecule has 3 N–H and O–H groups in total. The van der Waals surface area contributed by atoms with E-state index in [0.717, 1.165) is 0 Å². The van der Waals surface area contributed by atoms with Gasteiger partial charge in [0, 0.05) is 6.54 Å². The molecule has 0 spiro atoms. The maximum atomic E-state index is 11.8. The Morgan fingerprint density at radius 3 is 2.35 bits per heavy atom. The van der Waals surface area contributed by atoms with E-state index in [0.29, 0.717) is 27.3 Å². The van der Waals surface area contributed by atoms with Crippen LogP contribution in [0.3, 0.4) is 0 Å². The molecule has 1 rings (SSSR count). The van der Waals surface area contributed by atoms with Crippen molar-refractivity contribution >= 4 is 52.4 Å². The lowest BCUT2D eigenvalue weighted by atomic mass is 10.2. The summed E-state index contributed by atoms with van der Waals surface area (Å²) in [6.45, 7) is 3.77. The van der Waals surface area contributed by atoms with E-state index in [1.165, 1.54) is 12.1 Å². The topological polar surface area (TPSA) is 70.2 Å². The number of nitrogens with one attached hydrogen (secondary N) is 3. The highest BCUT2D eigenvalue weighted by molar-refractivity contribution is 6.44. The van der Waals surface area contributed by atoms with Crippen LogP contribution < -0.4 is 16.0 Å². The van der Waals surface area contributed by atoms with Crippen molar-refractivity contribution in [3.05, 3.63) is 27.2 Å². The van der Waals surface area contributed by atoms with Gasteiger partial charge in [0.05, 0.1) is 20.8 Å². The molecule has 110 valence electrons. The molecular formula is C12H14Cl3N3O2. The number of halogens is 3. The Labute approximate surface area is 132 Å². The van der Waals surface area contributed by atoms with Gasteiger partial charge in [0.2, 0.25) is 5.91 Å². The lowest BCUT2D eigenvalue weighted by Crippen LogP contribution is -2.45. The first-order valence-corrected chi connectivity index (χ1v) is 6.98. The van der Waals surface area contributed by atoms with Gasteiger partial charge in [-0.15, -0.1) is 0 Å². The molecule has 3 amide bonds. The van der Waals surface area contributed by atoms with Crippen molar-refractivity contribution in [2.75, 3.05) is 11.9 Å². The summed E-state index contributed by atoms with van der Waals surface area (Å²) in [6, 6.07) is 1.77. The van der Waals surface area contributed by atoms with Crippen molar-refractivity contribution in [1.29, 1.82) is 0 Å². The SMILES string of the molecule is CCNC(=O)NC(=O)C(C)Nc1cc(Cl)c(Cl)cc1Cl. The van der Waals surface area contributed by atoms with E-state index >= 15 is 0 Å². The summed E-state index contributed by atoms with van der Waals surface area (Å²) < 4.78 is 0. The summed E-state index contributed by atoms with van der Waals surface area (Å²) in [6.07, 6.45) is 0. The Morgan fingerprint density at radius 2 is 1.75 bits per heavy atom. The molecule has 0 saturated heterocycles. The highest BCUT2D eigenvalue weighted by Gasteiger charge is 2.17. The molecule has 0 radical (unpaired) electrons. The minimum atomic E-state index is -0.674. The van der Waals surface area contributed by atoms with Gasteiger partial charge in [0.1, 0.15) is 6.04 Å². The second-order valence-corrected chi connectivity index (χ2v) is 5.18. The zero-order valence-corrected chi connectivity index (χ0v) is 13.2. The third kappa shape index (κ3) is 4.74. The quantitative estimate of drug-likeness (QED) is 0.738. The first-order chi connectivity index (χ1) is 9.35. The number of carbonyl (C=O) groups is 2. The molecule has 0 aliphatic carbocycles. The second kappa shape index (κ2) is 7.57. The minimum absolute atomic E-state index is 0.315. The summed E-state index contributed by atoms with van der Waals surface area (Å²) in [7, 11) is 0. The Hall–Kier alpha value is -1.17. The molecule has 1 aromatic rings. The smallest absolute Gasteiger partial charge is 0.321 e. The Balaban J connectivity index is 2.71. The Bertz CT molecular complexity index is 523. The number of anilines is 1. The number of carbonyl (C=O) groups excluding carboxylic acids is 2. The molecule has 0 heterocycles. The average Bonchev–Trinajstić information content (AvgIpc) is 2.35. The van der Waals surface area contributed by atoms with E-state index in [2.05, 4.69) is 16.0 Å². The van der Waals surface area contributed by atoms with E-state index < -0.39 is 18.0 Å². The van der Waals surface area contributed by atoms with Gasteiger partial charge in [-0.2, -0.15) is 0 Å². The first-order valence-electron chi connectivity index (χ1n) is 5.85. The van der Waals surface area contributed by atoms with E-state index in [1.54, 1.807) is 13.8 Å². The predicted octanol–water partition coefficient (Wildman–Crippen LogP) is 3.29. The average molecular weight is 339 g/mol. The number of imide groups is 1. The number of urea groups is 1. The number of rotatable bonds is 4. The molecule has 1 atom stereocenters. The van der Waals surface area contributed by atoms with E-state index in [9.17, 15) is 9.59 Å². The van der Waals surface area contributed by atoms with Crippen LogP contribution >= 0.6 is 34.8 Å². The summed E-state index contributed by atoms with van der Waals surface area (Å²) in [4.78, 5) is 23.0. The molecule has 0 bridgehead atoms. The van der Waals surface area contributed by atoms with Crippen molar-refractivity contribution in [3.63, 3.8) is 0 Å². The van der Waals surface area contributed by atoms with Gasteiger partial charge in [0.25, 0.3) is 0 Å². The zero-order chi connectivity index (χ0) is 15.3. The lowest BCUT2D eigenvalue weighted by Gasteiger charge is -2.16. The predicted molar refractivity (Wildman–Crippen MR) is 81.8 cm³/mol. The van der Waals surface area contributed by atoms with Gasteiger partial charge >= 0.3 is 6.03 Å². The van der Waals surface area contributed by atoms with Gasteiger partial charge in [-0.25, -0.2) is 4.79 Å². The summed E-state index contributed by atoms with van der Waals surface area (Å²) in [5.41, 5.74) is 0.458. The van der Waals surface area contributed by atoms with Crippen LogP contribution in [0.1, 0.15) is 13.8 Å². The van der Waals surface area contributed by atoms with Gasteiger partial charge < -0.3 is 10.6 Å². The highest BCUT2D eigenvalue weighted by Crippen LogP contribution is 2.32. The van der Waals surface area contributed by atoms with Crippen molar-refractivity contribution in [1.82, 2.24) is 10.6 Å². The molecule has 0 aromatic heterocycles. The monoisotopic (exact) mass is 337 g/mol. The molecule has 0 aliphatic heterocycles. The fraction of sp³-hybridized carbons (Fsp3) is 0.333. The van der Waals surface area contributed by atoms with E-state index in [-0.39, 0.29) is 0 Å². The normalized spacial score (nSPS) is 11.7. The van der Waals surface area contributed by atoms with Crippen LogP contribution in [0.4, 0.5) is 10.5 Å². The van der Waals surface area contributed by atoms with Gasteiger partial charge in [-0.1, -0.05) is 34.8 Å². The lowest BCUT2D eigenvalue weighted by molar-refractivity contribution is -0.120. The first kappa shape index (κ1) is 16.9. The molecule has 0 saturated carbocycles. The number of benzene rings is 1. The minimum Gasteiger partial charge on any atom is -0.373 e. The maximum absolute atomic E-state index is 11.8. The van der Waals surface area contributed by atoms with Crippen molar-refractivity contribution in [2.45, 2.75) is 19.9 Å². The van der Waals surface area contributed by atoms with Crippen molar-refractivity contribution in [2.24, 2.45) is 0 Å². The van der Waals surface area contributed by atoms with Crippen LogP contribution in [0.15, 0.2) is 12.1 Å². The van der Waals surface area contributed by atoms with Crippen LogP contribution in [0.25, 0.3) is 0 Å². The van der Waals surface area contributed by atoms with E-state index in [1.807, 2.05) is 0 Å². The van der Waals surface area contributed by atoms with Crippen LogP contribution in [0, 0.1) is 0 Å². The van der Waals surface area contributed by atoms with Gasteiger partial charge in [0.15, 0.2) is 0 Å². The van der Waals surface area contributed by atoms with Crippen LogP contribution in [0.5, 0.6) is 0 Å². The van der Waals surface area contributed by atoms with Crippen LogP contribution in [0.2, 0.25) is 15.1 Å². The Kier molecular flexibility index (Phi) is 6.39. The molecule has 1 aromatic carbocycles. The molecule has 8 heteroatoms. The fourth-order valence-corrected chi connectivity index (χ4v) is 1.96. The Morgan fingerprint density at radius 1 is 1.15 bits per heavy atom. The number of hydrogen-bond acceptors (Lipinski definition) is 3. The third-order valence-electron chi connectivity index (χ3n) is 2.35.